The van der Waals surface area contributed by atoms with Crippen molar-refractivity contribution in [2.45, 2.75) is 20.8 Å². The second-order valence-electron chi connectivity index (χ2n) is 2.68. The van der Waals surface area contributed by atoms with Crippen LogP contribution >= 0.6 is 19.5 Å². The molecule has 0 aromatic carbocycles. The Morgan fingerprint density at radius 1 is 1.50 bits per heavy atom. The van der Waals surface area contributed by atoms with Gasteiger partial charge >= 0.3 is 65.9 Å². The minimum atomic E-state index is 0.221. The summed E-state index contributed by atoms with van der Waals surface area (Å²) in [6.45, 7) is 6.42. The standard InChI is InChI=1S/C5H10PSSe/c1-5(2,3)4(7)6-8/h6H,1-3H3. The van der Waals surface area contributed by atoms with E-state index >= 15 is 0 Å². The molecule has 0 amide bonds. The zero-order chi connectivity index (χ0) is 6.78. The SMILES string of the molecule is CC(C)(C)C(=S)P[Se]. The number of thiocarbonyl (C=S) groups is 1. The molecule has 0 heterocycles. The second-order valence-corrected chi connectivity index (χ2v) is 5.44. The van der Waals surface area contributed by atoms with Crippen LogP contribution < -0.4 is 0 Å². The molecule has 1 atom stereocenters. The molecule has 0 nitrogen and oxygen atoms in total. The van der Waals surface area contributed by atoms with E-state index in [1.165, 1.54) is 0 Å². The van der Waals surface area contributed by atoms with Crippen molar-refractivity contribution in [3.8, 4) is 0 Å². The summed E-state index contributed by atoms with van der Waals surface area (Å²) in [5.74, 6) is 0. The van der Waals surface area contributed by atoms with Gasteiger partial charge in [0.15, 0.2) is 0 Å². The zero-order valence-corrected chi connectivity index (χ0v) is 8.85. The van der Waals surface area contributed by atoms with E-state index in [-0.39, 0.29) is 5.41 Å². The van der Waals surface area contributed by atoms with Gasteiger partial charge in [-0.05, 0) is 0 Å². The summed E-state index contributed by atoms with van der Waals surface area (Å²) >= 11 is 8.01. The molecular weight excluding hydrogens is 202 g/mol. The zero-order valence-electron chi connectivity index (χ0n) is 5.32. The molecule has 0 spiro atoms. The summed E-state index contributed by atoms with van der Waals surface area (Å²) < 4.78 is 1.14. The van der Waals surface area contributed by atoms with Crippen LogP contribution in [0.3, 0.4) is 0 Å². The van der Waals surface area contributed by atoms with Crippen molar-refractivity contribution < 1.29 is 0 Å². The van der Waals surface area contributed by atoms with E-state index in [1.54, 1.807) is 0 Å². The van der Waals surface area contributed by atoms with Gasteiger partial charge in [-0.15, -0.1) is 0 Å². The molecule has 0 aliphatic rings. The van der Waals surface area contributed by atoms with E-state index in [0.717, 1.165) is 4.61 Å². The third-order valence-corrected chi connectivity index (χ3v) is 4.79. The molecule has 8 heavy (non-hydrogen) atoms. The van der Waals surface area contributed by atoms with Gasteiger partial charge in [0.25, 0.3) is 0 Å². The Hall–Kier alpha value is 1.04. The molecule has 0 aliphatic carbocycles. The quantitative estimate of drug-likeness (QED) is 0.364. The van der Waals surface area contributed by atoms with Crippen molar-refractivity contribution in [3.05, 3.63) is 0 Å². The first kappa shape index (κ1) is 9.04. The predicted octanol–water partition coefficient (Wildman–Crippen LogP) is 2.12. The van der Waals surface area contributed by atoms with Crippen LogP contribution in [-0.4, -0.2) is 20.2 Å². The Kier molecular flexibility index (Phi) is 3.69. The average Bonchev–Trinajstić information content (AvgIpc) is 1.62. The van der Waals surface area contributed by atoms with E-state index in [4.69, 9.17) is 12.2 Å². The Morgan fingerprint density at radius 2 is 1.88 bits per heavy atom. The first-order chi connectivity index (χ1) is 3.48. The molecule has 0 saturated heterocycles. The second kappa shape index (κ2) is 3.27. The molecule has 0 rings (SSSR count). The molecule has 1 unspecified atom stereocenters. The summed E-state index contributed by atoms with van der Waals surface area (Å²) in [4.78, 5) is 0. The summed E-state index contributed by atoms with van der Waals surface area (Å²) in [7, 11) is 0.689. The van der Waals surface area contributed by atoms with Crippen molar-refractivity contribution in [3.63, 3.8) is 0 Å². The molecule has 0 aliphatic heterocycles. The molecule has 0 aromatic rings. The van der Waals surface area contributed by atoms with Crippen LogP contribution in [0, 0.1) is 5.41 Å². The van der Waals surface area contributed by atoms with Gasteiger partial charge in [0.1, 0.15) is 0 Å². The van der Waals surface area contributed by atoms with Gasteiger partial charge in [0, 0.05) is 0 Å². The van der Waals surface area contributed by atoms with Crippen LogP contribution in [0.15, 0.2) is 0 Å². The van der Waals surface area contributed by atoms with Crippen molar-refractivity contribution in [2.75, 3.05) is 0 Å². The maximum absolute atomic E-state index is 5.07. The van der Waals surface area contributed by atoms with Gasteiger partial charge in [0.05, 0.1) is 0 Å². The van der Waals surface area contributed by atoms with Gasteiger partial charge in [-0.2, -0.15) is 0 Å². The van der Waals surface area contributed by atoms with Crippen LogP contribution in [0.25, 0.3) is 0 Å². The van der Waals surface area contributed by atoms with Crippen molar-refractivity contribution in [1.82, 2.24) is 0 Å². The Balaban J connectivity index is 3.82. The van der Waals surface area contributed by atoms with E-state index in [0.29, 0.717) is 7.27 Å². The van der Waals surface area contributed by atoms with Crippen LogP contribution in [0.1, 0.15) is 20.8 Å². The number of rotatable bonds is 1. The predicted molar refractivity (Wildman–Crippen MR) is 46.1 cm³/mol. The third-order valence-electron chi connectivity index (χ3n) is 0.774. The van der Waals surface area contributed by atoms with Crippen LogP contribution in [0.4, 0.5) is 0 Å². The summed E-state index contributed by atoms with van der Waals surface area (Å²) in [5.41, 5.74) is 0.221. The van der Waals surface area contributed by atoms with Gasteiger partial charge in [-0.25, -0.2) is 0 Å². The average molecular weight is 212 g/mol. The van der Waals surface area contributed by atoms with Crippen LogP contribution in [-0.2, 0) is 0 Å². The molecule has 0 N–H and O–H groups in total. The van der Waals surface area contributed by atoms with Crippen LogP contribution in [0.2, 0.25) is 0 Å². The fraction of sp³-hybridized carbons (Fsp3) is 0.800. The normalized spacial score (nSPS) is 13.0. The molecule has 0 fully saturated rings. The molecule has 0 aromatic heterocycles. The van der Waals surface area contributed by atoms with Gasteiger partial charge in [0.2, 0.25) is 0 Å². The Labute approximate surface area is 66.0 Å². The van der Waals surface area contributed by atoms with Crippen molar-refractivity contribution >= 4 is 39.7 Å². The Bertz CT molecular complexity index is 95.1. The maximum atomic E-state index is 5.07. The fourth-order valence-corrected chi connectivity index (χ4v) is 2.39. The molecule has 1 radical (unpaired) electrons. The van der Waals surface area contributed by atoms with Crippen molar-refractivity contribution in [2.24, 2.45) is 5.41 Å². The van der Waals surface area contributed by atoms with E-state index in [9.17, 15) is 0 Å². The number of hydrogen-bond donors (Lipinski definition) is 0. The van der Waals surface area contributed by atoms with Gasteiger partial charge < -0.3 is 0 Å². The summed E-state index contributed by atoms with van der Waals surface area (Å²) in [6.07, 6.45) is 0. The Morgan fingerprint density at radius 3 is 1.88 bits per heavy atom. The van der Waals surface area contributed by atoms with E-state index in [1.807, 2.05) is 0 Å². The summed E-state index contributed by atoms with van der Waals surface area (Å²) in [6, 6.07) is 0. The van der Waals surface area contributed by atoms with E-state index in [2.05, 4.69) is 36.3 Å². The minimum absolute atomic E-state index is 0.221. The van der Waals surface area contributed by atoms with Crippen molar-refractivity contribution in [1.29, 1.82) is 0 Å². The molecular formula is C5H10PSSe. The fourth-order valence-electron chi connectivity index (χ4n) is 0.153. The summed E-state index contributed by atoms with van der Waals surface area (Å²) in [5, 5.41) is 0. The number of hydrogen-bond acceptors (Lipinski definition) is 1. The van der Waals surface area contributed by atoms with Crippen LogP contribution in [0.5, 0.6) is 0 Å². The van der Waals surface area contributed by atoms with Gasteiger partial charge in [-0.1, -0.05) is 0 Å². The molecule has 3 heteroatoms. The topological polar surface area (TPSA) is 0 Å². The molecule has 47 valence electrons. The molecule has 0 bridgehead atoms. The first-order valence-corrected chi connectivity index (χ1v) is 6.29. The molecule has 0 saturated carbocycles. The first-order valence-electron chi connectivity index (χ1n) is 2.41. The van der Waals surface area contributed by atoms with E-state index < -0.39 is 0 Å². The van der Waals surface area contributed by atoms with Gasteiger partial charge in [-0.3, -0.25) is 0 Å². The monoisotopic (exact) mass is 213 g/mol. The third kappa shape index (κ3) is 3.14.